The Morgan fingerprint density at radius 1 is 1.55 bits per heavy atom. The van der Waals surface area contributed by atoms with Crippen molar-refractivity contribution in [3.05, 3.63) is 0 Å². The molecule has 5 heteroatoms. The van der Waals surface area contributed by atoms with E-state index in [1.165, 1.54) is 0 Å². The summed E-state index contributed by atoms with van der Waals surface area (Å²) in [5, 5.41) is 0. The zero-order chi connectivity index (χ0) is 8.85. The molecule has 0 aliphatic carbocycles. The van der Waals surface area contributed by atoms with Crippen LogP contribution in [0.3, 0.4) is 0 Å². The Hall–Kier alpha value is -1.10. The molecule has 0 aliphatic heterocycles. The SMILES string of the molecule is CCOC(C(N)=O)C(=O)OC. The van der Waals surface area contributed by atoms with Gasteiger partial charge in [-0.1, -0.05) is 0 Å². The van der Waals surface area contributed by atoms with Gasteiger partial charge in [0, 0.05) is 6.61 Å². The van der Waals surface area contributed by atoms with Crippen LogP contribution in [0.1, 0.15) is 6.92 Å². The van der Waals surface area contributed by atoms with Gasteiger partial charge in [0.2, 0.25) is 6.10 Å². The van der Waals surface area contributed by atoms with Gasteiger partial charge in [-0.25, -0.2) is 4.79 Å². The highest BCUT2D eigenvalue weighted by molar-refractivity contribution is 5.99. The maximum atomic E-state index is 10.7. The molecular weight excluding hydrogens is 150 g/mol. The maximum Gasteiger partial charge on any atom is 0.344 e. The molecule has 2 N–H and O–H groups in total. The Morgan fingerprint density at radius 3 is 2.36 bits per heavy atom. The van der Waals surface area contributed by atoms with Gasteiger partial charge in [-0.15, -0.1) is 0 Å². The van der Waals surface area contributed by atoms with E-state index in [0.29, 0.717) is 0 Å². The Labute approximate surface area is 64.5 Å². The molecule has 64 valence electrons. The minimum absolute atomic E-state index is 0.239. The van der Waals surface area contributed by atoms with Crippen LogP contribution >= 0.6 is 0 Å². The van der Waals surface area contributed by atoms with E-state index in [1.807, 2.05) is 0 Å². The summed E-state index contributed by atoms with van der Waals surface area (Å²) in [4.78, 5) is 21.2. The van der Waals surface area contributed by atoms with Crippen LogP contribution in [0.5, 0.6) is 0 Å². The highest BCUT2D eigenvalue weighted by Crippen LogP contribution is 1.93. The summed E-state index contributed by atoms with van der Waals surface area (Å²) in [7, 11) is 1.16. The van der Waals surface area contributed by atoms with Gasteiger partial charge in [-0.05, 0) is 6.92 Å². The summed E-state index contributed by atoms with van der Waals surface area (Å²) in [6.07, 6.45) is -1.27. The Bertz CT molecular complexity index is 157. The lowest BCUT2D eigenvalue weighted by molar-refractivity contribution is -0.158. The molecule has 0 fully saturated rings. The molecule has 0 aromatic carbocycles. The third-order valence-electron chi connectivity index (χ3n) is 1.01. The summed E-state index contributed by atoms with van der Waals surface area (Å²) >= 11 is 0. The van der Waals surface area contributed by atoms with E-state index >= 15 is 0 Å². The fourth-order valence-corrected chi connectivity index (χ4v) is 0.540. The molecule has 0 aliphatic rings. The minimum atomic E-state index is -1.27. The number of amides is 1. The van der Waals surface area contributed by atoms with E-state index in [9.17, 15) is 9.59 Å². The first-order valence-electron chi connectivity index (χ1n) is 3.12. The molecule has 0 bridgehead atoms. The van der Waals surface area contributed by atoms with Crippen LogP contribution in [0, 0.1) is 0 Å². The number of ether oxygens (including phenoxy) is 2. The second-order valence-corrected chi connectivity index (χ2v) is 1.76. The quantitative estimate of drug-likeness (QED) is 0.426. The van der Waals surface area contributed by atoms with Crippen LogP contribution < -0.4 is 5.73 Å². The lowest BCUT2D eigenvalue weighted by atomic mass is 10.3. The minimum Gasteiger partial charge on any atom is -0.467 e. The molecule has 1 atom stereocenters. The number of nitrogens with two attached hydrogens (primary N) is 1. The largest absolute Gasteiger partial charge is 0.467 e. The number of carbonyl (C=O) groups excluding carboxylic acids is 2. The third kappa shape index (κ3) is 2.99. The fourth-order valence-electron chi connectivity index (χ4n) is 0.540. The first-order valence-corrected chi connectivity index (χ1v) is 3.12. The average Bonchev–Trinajstić information content (AvgIpc) is 1.98. The zero-order valence-electron chi connectivity index (χ0n) is 6.49. The van der Waals surface area contributed by atoms with Crippen LogP contribution in [-0.2, 0) is 19.1 Å². The van der Waals surface area contributed by atoms with Crippen molar-refractivity contribution >= 4 is 11.9 Å². The summed E-state index contributed by atoms with van der Waals surface area (Å²) in [6.45, 7) is 1.89. The summed E-state index contributed by atoms with van der Waals surface area (Å²) in [5.74, 6) is -1.60. The second kappa shape index (κ2) is 4.68. The van der Waals surface area contributed by atoms with E-state index in [2.05, 4.69) is 4.74 Å². The first-order chi connectivity index (χ1) is 5.13. The molecule has 1 unspecified atom stereocenters. The van der Waals surface area contributed by atoms with Crippen molar-refractivity contribution in [2.75, 3.05) is 13.7 Å². The van der Waals surface area contributed by atoms with Gasteiger partial charge < -0.3 is 15.2 Å². The van der Waals surface area contributed by atoms with E-state index in [1.54, 1.807) is 6.92 Å². The van der Waals surface area contributed by atoms with Gasteiger partial charge >= 0.3 is 5.97 Å². The molecule has 11 heavy (non-hydrogen) atoms. The summed E-state index contributed by atoms with van der Waals surface area (Å²) in [6, 6.07) is 0. The van der Waals surface area contributed by atoms with Crippen molar-refractivity contribution in [3.8, 4) is 0 Å². The van der Waals surface area contributed by atoms with E-state index < -0.39 is 18.0 Å². The molecule has 0 rings (SSSR count). The summed E-state index contributed by atoms with van der Waals surface area (Å²) in [5.41, 5.74) is 4.83. The third-order valence-corrected chi connectivity index (χ3v) is 1.01. The second-order valence-electron chi connectivity index (χ2n) is 1.76. The lowest BCUT2D eigenvalue weighted by Gasteiger charge is -2.09. The standard InChI is InChI=1S/C6H11NO4/c1-3-11-4(5(7)8)6(9)10-2/h4H,3H2,1-2H3,(H2,7,8). The Morgan fingerprint density at radius 2 is 2.09 bits per heavy atom. The monoisotopic (exact) mass is 161 g/mol. The van der Waals surface area contributed by atoms with Gasteiger partial charge in [0.15, 0.2) is 0 Å². The molecule has 0 radical (unpaired) electrons. The zero-order valence-corrected chi connectivity index (χ0v) is 6.49. The Kier molecular flexibility index (Phi) is 4.21. The van der Waals surface area contributed by atoms with Crippen LogP contribution in [0.15, 0.2) is 0 Å². The molecule has 0 saturated carbocycles. The van der Waals surface area contributed by atoms with Crippen molar-refractivity contribution in [1.29, 1.82) is 0 Å². The predicted molar refractivity (Wildman–Crippen MR) is 36.6 cm³/mol. The normalized spacial score (nSPS) is 12.2. The predicted octanol–water partition coefficient (Wildman–Crippen LogP) is -0.950. The van der Waals surface area contributed by atoms with Gasteiger partial charge in [0.05, 0.1) is 7.11 Å². The maximum absolute atomic E-state index is 10.7. The van der Waals surface area contributed by atoms with Crippen molar-refractivity contribution in [2.24, 2.45) is 5.73 Å². The van der Waals surface area contributed by atoms with Crippen LogP contribution in [0.4, 0.5) is 0 Å². The van der Waals surface area contributed by atoms with Crippen LogP contribution in [0.25, 0.3) is 0 Å². The van der Waals surface area contributed by atoms with E-state index in [-0.39, 0.29) is 6.61 Å². The molecule has 0 saturated heterocycles. The van der Waals surface area contributed by atoms with Crippen molar-refractivity contribution in [2.45, 2.75) is 13.0 Å². The Balaban J connectivity index is 4.09. The van der Waals surface area contributed by atoms with E-state index in [0.717, 1.165) is 7.11 Å². The van der Waals surface area contributed by atoms with Crippen molar-refractivity contribution < 1.29 is 19.1 Å². The smallest absolute Gasteiger partial charge is 0.344 e. The fraction of sp³-hybridized carbons (Fsp3) is 0.667. The molecule has 0 aromatic heterocycles. The number of rotatable bonds is 4. The number of hydrogen-bond donors (Lipinski definition) is 1. The van der Waals surface area contributed by atoms with Gasteiger partial charge in [-0.2, -0.15) is 0 Å². The molecule has 5 nitrogen and oxygen atoms in total. The van der Waals surface area contributed by atoms with Crippen molar-refractivity contribution in [3.63, 3.8) is 0 Å². The average molecular weight is 161 g/mol. The highest BCUT2D eigenvalue weighted by Gasteiger charge is 2.24. The molecule has 0 heterocycles. The van der Waals surface area contributed by atoms with Gasteiger partial charge in [0.1, 0.15) is 0 Å². The topological polar surface area (TPSA) is 78.6 Å². The highest BCUT2D eigenvalue weighted by atomic mass is 16.6. The van der Waals surface area contributed by atoms with E-state index in [4.69, 9.17) is 10.5 Å². The number of carbonyl (C=O) groups is 2. The van der Waals surface area contributed by atoms with Crippen LogP contribution in [-0.4, -0.2) is 31.7 Å². The first kappa shape index (κ1) is 9.90. The van der Waals surface area contributed by atoms with Crippen molar-refractivity contribution in [1.82, 2.24) is 0 Å². The van der Waals surface area contributed by atoms with Gasteiger partial charge in [-0.3, -0.25) is 4.79 Å². The summed E-state index contributed by atoms with van der Waals surface area (Å²) < 4.78 is 8.97. The number of methoxy groups -OCH3 is 1. The number of primary amides is 1. The van der Waals surface area contributed by atoms with Gasteiger partial charge in [0.25, 0.3) is 5.91 Å². The molecule has 0 aromatic rings. The number of esters is 1. The number of hydrogen-bond acceptors (Lipinski definition) is 4. The molecule has 1 amide bonds. The molecule has 0 spiro atoms. The van der Waals surface area contributed by atoms with Crippen LogP contribution in [0.2, 0.25) is 0 Å². The lowest BCUT2D eigenvalue weighted by Crippen LogP contribution is -2.38. The molecular formula is C6H11NO4.